The Labute approximate surface area is 102 Å². The molecule has 0 fully saturated rings. The second kappa shape index (κ2) is 4.31. The van der Waals surface area contributed by atoms with E-state index in [1.807, 2.05) is 0 Å². The van der Waals surface area contributed by atoms with Crippen molar-refractivity contribution in [1.29, 1.82) is 0 Å². The van der Waals surface area contributed by atoms with Crippen LogP contribution in [0.15, 0.2) is 33.8 Å². The number of rotatable bonds is 4. The molecule has 8 heteroatoms. The number of benzene rings is 1. The number of carboxylic acid groups (broad SMARTS) is 1. The van der Waals surface area contributed by atoms with Gasteiger partial charge in [0.15, 0.2) is 17.9 Å². The Morgan fingerprint density at radius 1 is 1.44 bits per heavy atom. The van der Waals surface area contributed by atoms with Crippen LogP contribution in [-0.4, -0.2) is 26.1 Å². The number of nitrogens with two attached hydrogens (primary N) is 1. The lowest BCUT2D eigenvalue weighted by molar-refractivity contribution is -0.139. The van der Waals surface area contributed by atoms with E-state index in [1.165, 1.54) is 12.1 Å². The highest BCUT2D eigenvalue weighted by molar-refractivity contribution is 7.89. The summed E-state index contributed by atoms with van der Waals surface area (Å²) in [5.74, 6) is -1.00. The maximum absolute atomic E-state index is 11.1. The Morgan fingerprint density at radius 3 is 2.78 bits per heavy atom. The highest BCUT2D eigenvalue weighted by Gasteiger charge is 2.17. The number of fused-ring (bicyclic) bond motifs is 1. The van der Waals surface area contributed by atoms with E-state index in [-0.39, 0.29) is 11.3 Å². The standard InChI is InChI=1S/C10H9NO6S/c11-18(14,15)9-4-6-2-1-3-7(10(6)17-9)16-5-8(12)13/h1-4H,5H2,(H,12,13)(H2,11,14,15). The molecule has 0 amide bonds. The van der Waals surface area contributed by atoms with Crippen molar-refractivity contribution in [1.82, 2.24) is 0 Å². The maximum atomic E-state index is 11.1. The number of furan rings is 1. The van der Waals surface area contributed by atoms with Crippen molar-refractivity contribution in [2.75, 3.05) is 6.61 Å². The van der Waals surface area contributed by atoms with Crippen LogP contribution in [0.25, 0.3) is 11.0 Å². The smallest absolute Gasteiger partial charge is 0.341 e. The first-order chi connectivity index (χ1) is 8.38. The fraction of sp³-hybridized carbons (Fsp3) is 0.100. The van der Waals surface area contributed by atoms with Crippen molar-refractivity contribution >= 4 is 27.0 Å². The second-order valence-corrected chi connectivity index (χ2v) is 4.96. The summed E-state index contributed by atoms with van der Waals surface area (Å²) < 4.78 is 32.3. The topological polar surface area (TPSA) is 120 Å². The zero-order valence-electron chi connectivity index (χ0n) is 8.99. The minimum atomic E-state index is -3.95. The normalized spacial score (nSPS) is 11.6. The van der Waals surface area contributed by atoms with Crippen LogP contribution in [0.3, 0.4) is 0 Å². The first-order valence-corrected chi connectivity index (χ1v) is 6.32. The molecule has 0 radical (unpaired) electrons. The molecular formula is C10H9NO6S. The van der Waals surface area contributed by atoms with Gasteiger partial charge in [-0.25, -0.2) is 18.4 Å². The Bertz CT molecular complexity index is 702. The van der Waals surface area contributed by atoms with Crippen LogP contribution in [0.5, 0.6) is 5.75 Å². The Hall–Kier alpha value is -2.06. The fourth-order valence-corrected chi connectivity index (χ4v) is 1.90. The lowest BCUT2D eigenvalue weighted by Gasteiger charge is -2.02. The van der Waals surface area contributed by atoms with Crippen molar-refractivity contribution in [3.8, 4) is 5.75 Å². The third kappa shape index (κ3) is 2.44. The molecule has 2 rings (SSSR count). The van der Waals surface area contributed by atoms with E-state index in [0.29, 0.717) is 5.39 Å². The van der Waals surface area contributed by atoms with E-state index in [1.54, 1.807) is 12.1 Å². The molecule has 0 aliphatic rings. The average molecular weight is 271 g/mol. The van der Waals surface area contributed by atoms with Gasteiger partial charge in [0, 0.05) is 11.5 Å². The minimum Gasteiger partial charge on any atom is -0.479 e. The molecule has 1 aromatic carbocycles. The van der Waals surface area contributed by atoms with Crippen LogP contribution >= 0.6 is 0 Å². The quantitative estimate of drug-likeness (QED) is 0.837. The Balaban J connectivity index is 2.49. The SMILES string of the molecule is NS(=O)(=O)c1cc2cccc(OCC(=O)O)c2o1. The van der Waals surface area contributed by atoms with Gasteiger partial charge in [0.25, 0.3) is 10.0 Å². The molecule has 0 saturated carbocycles. The molecule has 0 aliphatic carbocycles. The number of para-hydroxylation sites is 1. The third-order valence-electron chi connectivity index (χ3n) is 2.12. The first kappa shape index (κ1) is 12.4. The molecule has 1 aromatic heterocycles. The van der Waals surface area contributed by atoms with Gasteiger partial charge >= 0.3 is 5.97 Å². The lowest BCUT2D eigenvalue weighted by Crippen LogP contribution is -2.10. The summed E-state index contributed by atoms with van der Waals surface area (Å²) in [6.45, 7) is -0.551. The summed E-state index contributed by atoms with van der Waals surface area (Å²) in [6.07, 6.45) is 0. The molecule has 0 unspecified atom stereocenters. The van der Waals surface area contributed by atoms with E-state index >= 15 is 0 Å². The number of carbonyl (C=O) groups is 1. The van der Waals surface area contributed by atoms with Crippen LogP contribution in [-0.2, 0) is 14.8 Å². The highest BCUT2D eigenvalue weighted by Crippen LogP contribution is 2.30. The molecule has 7 nitrogen and oxygen atoms in total. The van der Waals surface area contributed by atoms with Crippen LogP contribution in [0, 0.1) is 0 Å². The van der Waals surface area contributed by atoms with Crippen molar-refractivity contribution in [2.45, 2.75) is 5.09 Å². The molecule has 0 aliphatic heterocycles. The average Bonchev–Trinajstić information content (AvgIpc) is 2.69. The van der Waals surface area contributed by atoms with Gasteiger partial charge < -0.3 is 14.3 Å². The van der Waals surface area contributed by atoms with Gasteiger partial charge in [-0.05, 0) is 6.07 Å². The van der Waals surface area contributed by atoms with Crippen molar-refractivity contribution < 1.29 is 27.5 Å². The predicted molar refractivity (Wildman–Crippen MR) is 60.7 cm³/mol. The van der Waals surface area contributed by atoms with Gasteiger partial charge in [0.1, 0.15) is 0 Å². The molecule has 0 bridgehead atoms. The van der Waals surface area contributed by atoms with Gasteiger partial charge in [-0.3, -0.25) is 0 Å². The summed E-state index contributed by atoms with van der Waals surface area (Å²) in [6, 6.07) is 5.91. The van der Waals surface area contributed by atoms with Crippen molar-refractivity contribution in [3.63, 3.8) is 0 Å². The van der Waals surface area contributed by atoms with Gasteiger partial charge in [-0.2, -0.15) is 0 Å². The van der Waals surface area contributed by atoms with Crippen molar-refractivity contribution in [3.05, 3.63) is 24.3 Å². The Kier molecular flexibility index (Phi) is 2.97. The molecule has 0 atom stereocenters. The maximum Gasteiger partial charge on any atom is 0.341 e. The summed E-state index contributed by atoms with van der Waals surface area (Å²) in [4.78, 5) is 10.4. The highest BCUT2D eigenvalue weighted by atomic mass is 32.2. The van der Waals surface area contributed by atoms with Crippen LogP contribution < -0.4 is 9.88 Å². The zero-order chi connectivity index (χ0) is 13.3. The van der Waals surface area contributed by atoms with Gasteiger partial charge in [0.2, 0.25) is 5.09 Å². The van der Waals surface area contributed by atoms with Crippen LogP contribution in [0.2, 0.25) is 0 Å². The molecule has 96 valence electrons. The number of carboxylic acids is 1. The molecule has 0 spiro atoms. The molecule has 1 heterocycles. The van der Waals surface area contributed by atoms with Gasteiger partial charge in [-0.15, -0.1) is 0 Å². The van der Waals surface area contributed by atoms with Crippen LogP contribution in [0.1, 0.15) is 0 Å². The van der Waals surface area contributed by atoms with Gasteiger partial charge in [-0.1, -0.05) is 12.1 Å². The van der Waals surface area contributed by atoms with Gasteiger partial charge in [0.05, 0.1) is 0 Å². The number of hydrogen-bond acceptors (Lipinski definition) is 5. The molecule has 0 saturated heterocycles. The Morgan fingerprint density at radius 2 is 2.17 bits per heavy atom. The van der Waals surface area contributed by atoms with E-state index in [2.05, 4.69) is 0 Å². The molecule has 2 aromatic rings. The minimum absolute atomic E-state index is 0.141. The van der Waals surface area contributed by atoms with E-state index in [0.717, 1.165) is 0 Å². The number of hydrogen-bond donors (Lipinski definition) is 2. The fourth-order valence-electron chi connectivity index (χ4n) is 1.41. The lowest BCUT2D eigenvalue weighted by atomic mass is 10.2. The van der Waals surface area contributed by atoms with Crippen molar-refractivity contribution in [2.24, 2.45) is 5.14 Å². The summed E-state index contributed by atoms with van der Waals surface area (Å²) in [7, 11) is -3.95. The molecule has 3 N–H and O–H groups in total. The van der Waals surface area contributed by atoms with E-state index in [4.69, 9.17) is 19.4 Å². The predicted octanol–water partition coefficient (Wildman–Crippen LogP) is 0.544. The number of ether oxygens (including phenoxy) is 1. The molecular weight excluding hydrogens is 262 g/mol. The largest absolute Gasteiger partial charge is 0.479 e. The number of aliphatic carboxylic acids is 1. The second-order valence-electron chi connectivity index (χ2n) is 3.47. The van der Waals surface area contributed by atoms with Crippen LogP contribution in [0.4, 0.5) is 0 Å². The van der Waals surface area contributed by atoms with E-state index < -0.39 is 27.7 Å². The number of sulfonamides is 1. The molecule has 18 heavy (non-hydrogen) atoms. The zero-order valence-corrected chi connectivity index (χ0v) is 9.81. The monoisotopic (exact) mass is 271 g/mol. The first-order valence-electron chi connectivity index (χ1n) is 4.78. The van der Waals surface area contributed by atoms with E-state index in [9.17, 15) is 13.2 Å². The summed E-state index contributed by atoms with van der Waals surface area (Å²) in [5.41, 5.74) is 0.141. The third-order valence-corrected chi connectivity index (χ3v) is 2.88. The summed E-state index contributed by atoms with van der Waals surface area (Å²) >= 11 is 0. The number of primary sulfonamides is 1. The summed E-state index contributed by atoms with van der Waals surface area (Å²) in [5, 5.41) is 13.5.